The Labute approximate surface area is 159 Å². The van der Waals surface area contributed by atoms with Crippen LogP contribution in [0.1, 0.15) is 29.7 Å². The number of nitrogens with one attached hydrogen (secondary N) is 1. The summed E-state index contributed by atoms with van der Waals surface area (Å²) < 4.78 is 5.52. The second kappa shape index (κ2) is 9.32. The number of guanidine groups is 1. The van der Waals surface area contributed by atoms with E-state index >= 15 is 0 Å². The van der Waals surface area contributed by atoms with Crippen LogP contribution in [-0.2, 0) is 22.4 Å². The third-order valence-electron chi connectivity index (χ3n) is 4.88. The van der Waals surface area contributed by atoms with Crippen molar-refractivity contribution in [2.24, 2.45) is 4.99 Å². The molecule has 1 amide bonds. The van der Waals surface area contributed by atoms with Gasteiger partial charge in [-0.15, -0.1) is 11.3 Å². The fourth-order valence-electron chi connectivity index (χ4n) is 3.36. The molecule has 2 fully saturated rings. The average molecular weight is 380 g/mol. The van der Waals surface area contributed by atoms with E-state index in [4.69, 9.17) is 4.74 Å². The predicted octanol–water partition coefficient (Wildman–Crippen LogP) is 1.15. The summed E-state index contributed by atoms with van der Waals surface area (Å²) in [6, 6.07) is 0. The minimum absolute atomic E-state index is 0.153. The third-order valence-corrected chi connectivity index (χ3v) is 6.08. The zero-order valence-corrected chi connectivity index (χ0v) is 16.6. The standard InChI is InChI=1S/C18H29N5O2S/c1-3-14-13-21-16(26-14)6-7-20-18(19-2)23-10-8-22(9-11-23)17(24)15-5-4-12-25-15/h13,15H,3-12H2,1-2H3,(H,19,20). The van der Waals surface area contributed by atoms with Crippen molar-refractivity contribution in [2.45, 2.75) is 38.7 Å². The van der Waals surface area contributed by atoms with Crippen molar-refractivity contribution in [2.75, 3.05) is 46.4 Å². The van der Waals surface area contributed by atoms with Crippen molar-refractivity contribution in [3.63, 3.8) is 0 Å². The van der Waals surface area contributed by atoms with E-state index in [-0.39, 0.29) is 12.0 Å². The maximum Gasteiger partial charge on any atom is 0.251 e. The molecule has 0 aromatic carbocycles. The Kier molecular flexibility index (Phi) is 6.85. The minimum Gasteiger partial charge on any atom is -0.368 e. The van der Waals surface area contributed by atoms with Crippen LogP contribution >= 0.6 is 11.3 Å². The maximum atomic E-state index is 12.4. The number of aromatic nitrogens is 1. The fraction of sp³-hybridized carbons (Fsp3) is 0.722. The van der Waals surface area contributed by atoms with Crippen LogP contribution in [0.5, 0.6) is 0 Å². The van der Waals surface area contributed by atoms with Crippen LogP contribution in [0.3, 0.4) is 0 Å². The molecule has 1 N–H and O–H groups in total. The molecule has 0 bridgehead atoms. The average Bonchev–Trinajstić information content (AvgIpc) is 3.37. The highest BCUT2D eigenvalue weighted by atomic mass is 32.1. The molecule has 0 saturated carbocycles. The predicted molar refractivity (Wildman–Crippen MR) is 104 cm³/mol. The number of piperazine rings is 1. The zero-order chi connectivity index (χ0) is 18.4. The van der Waals surface area contributed by atoms with Gasteiger partial charge in [0.2, 0.25) is 0 Å². The van der Waals surface area contributed by atoms with Crippen molar-refractivity contribution >= 4 is 23.2 Å². The summed E-state index contributed by atoms with van der Waals surface area (Å²) in [6.45, 7) is 6.74. The molecule has 3 rings (SSSR count). The van der Waals surface area contributed by atoms with Crippen molar-refractivity contribution < 1.29 is 9.53 Å². The lowest BCUT2D eigenvalue weighted by atomic mass is 10.2. The smallest absolute Gasteiger partial charge is 0.251 e. The molecule has 0 spiro atoms. The van der Waals surface area contributed by atoms with E-state index in [2.05, 4.69) is 27.1 Å². The first kappa shape index (κ1) is 19.1. The second-order valence-corrected chi connectivity index (χ2v) is 7.81. The van der Waals surface area contributed by atoms with Crippen LogP contribution in [0.4, 0.5) is 0 Å². The van der Waals surface area contributed by atoms with Crippen LogP contribution in [0.15, 0.2) is 11.2 Å². The number of carbonyl (C=O) groups excluding carboxylic acids is 1. The van der Waals surface area contributed by atoms with Gasteiger partial charge < -0.3 is 19.9 Å². The molecule has 144 valence electrons. The first-order chi connectivity index (χ1) is 12.7. The summed E-state index contributed by atoms with van der Waals surface area (Å²) in [6.07, 6.45) is 5.55. The SMILES string of the molecule is CCc1cnc(CCNC(=NC)N2CCN(C(=O)C3CCCO3)CC2)s1. The summed E-state index contributed by atoms with van der Waals surface area (Å²) in [7, 11) is 1.81. The summed E-state index contributed by atoms with van der Waals surface area (Å²) >= 11 is 1.78. The van der Waals surface area contributed by atoms with E-state index in [9.17, 15) is 4.79 Å². The topological polar surface area (TPSA) is 70.1 Å². The third kappa shape index (κ3) is 4.73. The highest BCUT2D eigenvalue weighted by Crippen LogP contribution is 2.16. The Bertz CT molecular complexity index is 619. The van der Waals surface area contributed by atoms with E-state index in [1.54, 1.807) is 11.3 Å². The van der Waals surface area contributed by atoms with Gasteiger partial charge in [0.1, 0.15) is 6.10 Å². The minimum atomic E-state index is -0.217. The largest absolute Gasteiger partial charge is 0.368 e. The number of hydrogen-bond donors (Lipinski definition) is 1. The van der Waals surface area contributed by atoms with Gasteiger partial charge in [0.15, 0.2) is 5.96 Å². The van der Waals surface area contributed by atoms with Crippen LogP contribution in [0.25, 0.3) is 0 Å². The normalized spacial score (nSPS) is 21.3. The van der Waals surface area contributed by atoms with Gasteiger partial charge in [-0.3, -0.25) is 9.79 Å². The number of carbonyl (C=O) groups is 1. The number of thiazole rings is 1. The summed E-state index contributed by atoms with van der Waals surface area (Å²) in [4.78, 5) is 26.8. The monoisotopic (exact) mass is 379 g/mol. The Morgan fingerprint density at radius 3 is 2.77 bits per heavy atom. The van der Waals surface area contributed by atoms with E-state index in [1.165, 1.54) is 4.88 Å². The summed E-state index contributed by atoms with van der Waals surface area (Å²) in [5.74, 6) is 1.06. The van der Waals surface area contributed by atoms with Gasteiger partial charge in [-0.2, -0.15) is 0 Å². The van der Waals surface area contributed by atoms with Gasteiger partial charge in [-0.1, -0.05) is 6.92 Å². The highest BCUT2D eigenvalue weighted by Gasteiger charge is 2.30. The molecule has 2 saturated heterocycles. The van der Waals surface area contributed by atoms with E-state index in [1.807, 2.05) is 18.1 Å². The Morgan fingerprint density at radius 2 is 2.15 bits per heavy atom. The first-order valence-electron chi connectivity index (χ1n) is 9.50. The van der Waals surface area contributed by atoms with Gasteiger partial charge in [0.25, 0.3) is 5.91 Å². The molecular formula is C18H29N5O2S. The van der Waals surface area contributed by atoms with Gasteiger partial charge in [-0.05, 0) is 19.3 Å². The van der Waals surface area contributed by atoms with Crippen molar-refractivity contribution in [1.82, 2.24) is 20.1 Å². The lowest BCUT2D eigenvalue weighted by molar-refractivity contribution is -0.142. The Hall–Kier alpha value is -1.67. The maximum absolute atomic E-state index is 12.4. The zero-order valence-electron chi connectivity index (χ0n) is 15.7. The lowest BCUT2D eigenvalue weighted by Crippen LogP contribution is -2.55. The van der Waals surface area contributed by atoms with Crippen LogP contribution in [0, 0.1) is 0 Å². The molecular weight excluding hydrogens is 350 g/mol. The van der Waals surface area contributed by atoms with E-state index in [0.717, 1.165) is 69.4 Å². The number of amides is 1. The van der Waals surface area contributed by atoms with Gasteiger partial charge in [-0.25, -0.2) is 4.98 Å². The van der Waals surface area contributed by atoms with Crippen molar-refractivity contribution in [3.8, 4) is 0 Å². The number of nitrogens with zero attached hydrogens (tertiary/aromatic N) is 4. The molecule has 1 aromatic rings. The van der Waals surface area contributed by atoms with Gasteiger partial charge >= 0.3 is 0 Å². The van der Waals surface area contributed by atoms with Gasteiger partial charge in [0, 0.05) is 63.9 Å². The van der Waals surface area contributed by atoms with Crippen LogP contribution in [-0.4, -0.2) is 79.1 Å². The molecule has 1 atom stereocenters. The fourth-order valence-corrected chi connectivity index (χ4v) is 4.22. The molecule has 0 radical (unpaired) electrons. The number of ether oxygens (including phenoxy) is 1. The molecule has 2 aliphatic heterocycles. The first-order valence-corrected chi connectivity index (χ1v) is 10.3. The summed E-state index contributed by atoms with van der Waals surface area (Å²) in [5.41, 5.74) is 0. The number of rotatable bonds is 5. The number of aliphatic imine (C=N–C) groups is 1. The molecule has 0 aliphatic carbocycles. The van der Waals surface area contributed by atoms with E-state index in [0.29, 0.717) is 6.61 Å². The molecule has 26 heavy (non-hydrogen) atoms. The molecule has 1 unspecified atom stereocenters. The quantitative estimate of drug-likeness (QED) is 0.614. The van der Waals surface area contributed by atoms with E-state index < -0.39 is 0 Å². The molecule has 1 aromatic heterocycles. The summed E-state index contributed by atoms with van der Waals surface area (Å²) in [5, 5.41) is 4.59. The second-order valence-electron chi connectivity index (χ2n) is 6.61. The molecule has 7 nitrogen and oxygen atoms in total. The Morgan fingerprint density at radius 1 is 1.38 bits per heavy atom. The van der Waals surface area contributed by atoms with Gasteiger partial charge in [0.05, 0.1) is 5.01 Å². The van der Waals surface area contributed by atoms with Crippen LogP contribution < -0.4 is 5.32 Å². The van der Waals surface area contributed by atoms with Crippen molar-refractivity contribution in [3.05, 3.63) is 16.1 Å². The number of aryl methyl sites for hydroxylation is 1. The Balaban J connectivity index is 1.42. The lowest BCUT2D eigenvalue weighted by Gasteiger charge is -2.37. The molecule has 3 heterocycles. The molecule has 8 heteroatoms. The van der Waals surface area contributed by atoms with Crippen LogP contribution in [0.2, 0.25) is 0 Å². The van der Waals surface area contributed by atoms with Crippen molar-refractivity contribution in [1.29, 1.82) is 0 Å². The molecule has 2 aliphatic rings. The number of hydrogen-bond acceptors (Lipinski definition) is 5. The highest BCUT2D eigenvalue weighted by molar-refractivity contribution is 7.11.